The van der Waals surface area contributed by atoms with Crippen LogP contribution in [0, 0.1) is 0 Å². The minimum atomic E-state index is -0.165. The van der Waals surface area contributed by atoms with Crippen LogP contribution in [0.15, 0.2) is 23.6 Å². The first-order valence-electron chi connectivity index (χ1n) is 7.17. The molecule has 0 spiro atoms. The van der Waals surface area contributed by atoms with Gasteiger partial charge in [0.1, 0.15) is 10.0 Å². The summed E-state index contributed by atoms with van der Waals surface area (Å²) in [6, 6.07) is 5.37. The Bertz CT molecular complexity index is 876. The van der Waals surface area contributed by atoms with Crippen molar-refractivity contribution in [3.05, 3.63) is 39.3 Å². The van der Waals surface area contributed by atoms with Gasteiger partial charge >= 0.3 is 0 Å². The van der Waals surface area contributed by atoms with E-state index in [2.05, 4.69) is 20.5 Å². The quantitative estimate of drug-likeness (QED) is 0.660. The number of halogens is 1. The molecule has 3 N–H and O–H groups in total. The second kappa shape index (κ2) is 7.25. The van der Waals surface area contributed by atoms with Crippen molar-refractivity contribution >= 4 is 51.0 Å². The van der Waals surface area contributed by atoms with E-state index in [0.29, 0.717) is 21.5 Å². The van der Waals surface area contributed by atoms with Crippen molar-refractivity contribution in [2.24, 2.45) is 0 Å². The van der Waals surface area contributed by atoms with Crippen LogP contribution in [-0.4, -0.2) is 21.1 Å². The summed E-state index contributed by atoms with van der Waals surface area (Å²) < 4.78 is 0. The summed E-state index contributed by atoms with van der Waals surface area (Å²) in [7, 11) is 0. The number of nitrogens with zero attached hydrogens (tertiary/aromatic N) is 3. The smallest absolute Gasteiger partial charge is 0.232 e. The number of nitrogens with one attached hydrogen (secondary N) is 1. The standard InChI is InChI=1S/C15H14ClN5OS2/c1-2-13-20-21-15(24-13)19-12(22)6-9-7-23-14(18-9)8-3-4-10(16)11(17)5-8/h3-5,7H,2,6,17H2,1H3,(H,19,21,22). The molecular weight excluding hydrogens is 366 g/mol. The minimum absolute atomic E-state index is 0.165. The van der Waals surface area contributed by atoms with Crippen molar-refractivity contribution in [1.29, 1.82) is 0 Å². The number of rotatable bonds is 5. The molecule has 9 heteroatoms. The number of amides is 1. The van der Waals surface area contributed by atoms with Crippen LogP contribution in [0.3, 0.4) is 0 Å². The number of anilines is 2. The van der Waals surface area contributed by atoms with Crippen molar-refractivity contribution in [2.45, 2.75) is 19.8 Å². The van der Waals surface area contributed by atoms with E-state index in [1.165, 1.54) is 22.7 Å². The maximum Gasteiger partial charge on any atom is 0.232 e. The van der Waals surface area contributed by atoms with Crippen molar-refractivity contribution in [3.8, 4) is 10.6 Å². The van der Waals surface area contributed by atoms with E-state index in [1.807, 2.05) is 18.4 Å². The number of hydrogen-bond donors (Lipinski definition) is 2. The van der Waals surface area contributed by atoms with Crippen molar-refractivity contribution in [2.75, 3.05) is 11.1 Å². The average molecular weight is 380 g/mol. The molecule has 0 aliphatic heterocycles. The maximum atomic E-state index is 12.1. The molecule has 0 saturated carbocycles. The van der Waals surface area contributed by atoms with Crippen LogP contribution in [0.5, 0.6) is 0 Å². The third kappa shape index (κ3) is 3.89. The number of nitrogens with two attached hydrogens (primary N) is 1. The lowest BCUT2D eigenvalue weighted by molar-refractivity contribution is -0.115. The van der Waals surface area contributed by atoms with Crippen LogP contribution < -0.4 is 11.1 Å². The minimum Gasteiger partial charge on any atom is -0.398 e. The molecule has 1 aromatic carbocycles. The largest absolute Gasteiger partial charge is 0.398 e. The van der Waals surface area contributed by atoms with Crippen LogP contribution in [-0.2, 0) is 17.6 Å². The van der Waals surface area contributed by atoms with Gasteiger partial charge in [-0.05, 0) is 18.6 Å². The predicted molar refractivity (Wildman–Crippen MR) is 98.6 cm³/mol. The summed E-state index contributed by atoms with van der Waals surface area (Å²) in [6.45, 7) is 1.99. The number of hydrogen-bond acceptors (Lipinski definition) is 7. The fraction of sp³-hybridized carbons (Fsp3) is 0.200. The van der Waals surface area contributed by atoms with Gasteiger partial charge in [0.15, 0.2) is 0 Å². The van der Waals surface area contributed by atoms with Gasteiger partial charge in [-0.25, -0.2) is 4.98 Å². The Morgan fingerprint density at radius 1 is 1.38 bits per heavy atom. The van der Waals surface area contributed by atoms with E-state index in [1.54, 1.807) is 12.1 Å². The highest BCUT2D eigenvalue weighted by Crippen LogP contribution is 2.29. The van der Waals surface area contributed by atoms with Crippen LogP contribution in [0.4, 0.5) is 10.8 Å². The SMILES string of the molecule is CCc1nnc(NC(=O)Cc2csc(-c3ccc(Cl)c(N)c3)n2)s1. The van der Waals surface area contributed by atoms with Gasteiger partial charge in [-0.15, -0.1) is 21.5 Å². The summed E-state index contributed by atoms with van der Waals surface area (Å²) in [6.07, 6.45) is 0.980. The Morgan fingerprint density at radius 3 is 2.92 bits per heavy atom. The number of aryl methyl sites for hydroxylation is 1. The third-order valence-corrected chi connectivity index (χ3v) is 5.42. The molecule has 2 aromatic heterocycles. The molecule has 0 atom stereocenters. The Balaban J connectivity index is 1.66. The summed E-state index contributed by atoms with van der Waals surface area (Å²) in [5, 5.41) is 15.2. The zero-order chi connectivity index (χ0) is 17.1. The summed E-state index contributed by atoms with van der Waals surface area (Å²) in [4.78, 5) is 16.6. The summed E-state index contributed by atoms with van der Waals surface area (Å²) in [5.74, 6) is -0.165. The number of aromatic nitrogens is 3. The number of carbonyl (C=O) groups excluding carboxylic acids is 1. The first-order valence-corrected chi connectivity index (χ1v) is 9.24. The number of nitrogen functional groups attached to an aromatic ring is 1. The van der Waals surface area contributed by atoms with Crippen molar-refractivity contribution in [3.63, 3.8) is 0 Å². The lowest BCUT2D eigenvalue weighted by atomic mass is 10.2. The molecule has 124 valence electrons. The van der Waals surface area contributed by atoms with Gasteiger partial charge in [-0.2, -0.15) is 0 Å². The molecule has 24 heavy (non-hydrogen) atoms. The van der Waals surface area contributed by atoms with E-state index < -0.39 is 0 Å². The van der Waals surface area contributed by atoms with Crippen LogP contribution in [0.2, 0.25) is 5.02 Å². The molecule has 0 unspecified atom stereocenters. The molecule has 6 nitrogen and oxygen atoms in total. The van der Waals surface area contributed by atoms with Gasteiger partial charge in [0, 0.05) is 10.9 Å². The fourth-order valence-electron chi connectivity index (χ4n) is 1.97. The first-order chi connectivity index (χ1) is 11.5. The Kier molecular flexibility index (Phi) is 5.08. The lowest BCUT2D eigenvalue weighted by Crippen LogP contribution is -2.14. The van der Waals surface area contributed by atoms with E-state index in [0.717, 1.165) is 22.0 Å². The van der Waals surface area contributed by atoms with Gasteiger partial charge in [-0.1, -0.05) is 35.9 Å². The monoisotopic (exact) mass is 379 g/mol. The van der Waals surface area contributed by atoms with Crippen molar-refractivity contribution < 1.29 is 4.79 Å². The average Bonchev–Trinajstić information content (AvgIpc) is 3.19. The van der Waals surface area contributed by atoms with Gasteiger partial charge < -0.3 is 11.1 Å². The summed E-state index contributed by atoms with van der Waals surface area (Å²) in [5.41, 5.74) is 7.90. The highest BCUT2D eigenvalue weighted by atomic mass is 35.5. The molecule has 0 radical (unpaired) electrons. The molecule has 1 amide bonds. The van der Waals surface area contributed by atoms with Crippen molar-refractivity contribution in [1.82, 2.24) is 15.2 Å². The molecule has 3 aromatic rings. The molecule has 0 aliphatic carbocycles. The third-order valence-electron chi connectivity index (χ3n) is 3.15. The van der Waals surface area contributed by atoms with Gasteiger partial charge in [-0.3, -0.25) is 4.79 Å². The van der Waals surface area contributed by atoms with Crippen LogP contribution in [0.1, 0.15) is 17.6 Å². The Labute approximate surface area is 151 Å². The lowest BCUT2D eigenvalue weighted by Gasteiger charge is -2.01. The molecule has 0 aliphatic rings. The van der Waals surface area contributed by atoms with E-state index in [-0.39, 0.29) is 12.3 Å². The Hall–Kier alpha value is -2.03. The maximum absolute atomic E-state index is 12.1. The molecule has 0 fully saturated rings. The van der Waals surface area contributed by atoms with Crippen LogP contribution in [0.25, 0.3) is 10.6 Å². The van der Waals surface area contributed by atoms with Gasteiger partial charge in [0.2, 0.25) is 11.0 Å². The highest BCUT2D eigenvalue weighted by molar-refractivity contribution is 7.15. The molecular formula is C15H14ClN5OS2. The van der Waals surface area contributed by atoms with Gasteiger partial charge in [0.05, 0.1) is 22.8 Å². The number of carbonyl (C=O) groups is 1. The van der Waals surface area contributed by atoms with Gasteiger partial charge in [0.25, 0.3) is 0 Å². The zero-order valence-electron chi connectivity index (χ0n) is 12.7. The fourth-order valence-corrected chi connectivity index (χ4v) is 3.60. The normalized spacial score (nSPS) is 10.8. The van der Waals surface area contributed by atoms with E-state index in [9.17, 15) is 4.79 Å². The first kappa shape index (κ1) is 16.8. The molecule has 2 heterocycles. The predicted octanol–water partition coefficient (Wildman–Crippen LogP) is 3.64. The summed E-state index contributed by atoms with van der Waals surface area (Å²) >= 11 is 8.76. The topological polar surface area (TPSA) is 93.8 Å². The molecule has 0 bridgehead atoms. The zero-order valence-corrected chi connectivity index (χ0v) is 15.1. The molecule has 0 saturated heterocycles. The van der Waals surface area contributed by atoms with E-state index >= 15 is 0 Å². The highest BCUT2D eigenvalue weighted by Gasteiger charge is 2.12. The molecule has 3 rings (SSSR count). The number of benzene rings is 1. The Morgan fingerprint density at radius 2 is 2.21 bits per heavy atom. The van der Waals surface area contributed by atoms with E-state index in [4.69, 9.17) is 17.3 Å². The van der Waals surface area contributed by atoms with Crippen LogP contribution >= 0.6 is 34.3 Å². The number of thiazole rings is 1. The second-order valence-corrected chi connectivity index (χ2v) is 7.29. The second-order valence-electron chi connectivity index (χ2n) is 4.96.